The van der Waals surface area contributed by atoms with Gasteiger partial charge in [0.05, 0.1) is 5.38 Å². The van der Waals surface area contributed by atoms with Crippen molar-refractivity contribution >= 4 is 11.6 Å². The topological polar surface area (TPSA) is 0 Å². The molecule has 1 unspecified atom stereocenters. The molecule has 0 radical (unpaired) electrons. The molecule has 0 aliphatic heterocycles. The van der Waals surface area contributed by atoms with Gasteiger partial charge < -0.3 is 0 Å². The normalized spacial score (nSPS) is 18.3. The van der Waals surface area contributed by atoms with Gasteiger partial charge in [0.2, 0.25) is 0 Å². The fraction of sp³-hybridized carbons (Fsp3) is 0.250. The maximum absolute atomic E-state index is 12.9. The molecule has 0 saturated heterocycles. The second kappa shape index (κ2) is 4.40. The van der Waals surface area contributed by atoms with Crippen molar-refractivity contribution in [2.75, 3.05) is 0 Å². The zero-order valence-corrected chi connectivity index (χ0v) is 10.7. The van der Waals surface area contributed by atoms with Gasteiger partial charge in [0.1, 0.15) is 5.82 Å². The Bertz CT molecular complexity index is 529. The molecule has 2 aromatic carbocycles. The van der Waals surface area contributed by atoms with E-state index in [0.717, 1.165) is 18.4 Å². The number of halogens is 2. The summed E-state index contributed by atoms with van der Waals surface area (Å²) in [6.45, 7) is 0. The summed E-state index contributed by atoms with van der Waals surface area (Å²) in [4.78, 5) is 0. The van der Waals surface area contributed by atoms with Crippen LogP contribution in [-0.2, 0) is 5.41 Å². The third kappa shape index (κ3) is 1.93. The molecular weight excluding hydrogens is 247 g/mol. The first-order valence-corrected chi connectivity index (χ1v) is 6.61. The maximum Gasteiger partial charge on any atom is 0.123 e. The van der Waals surface area contributed by atoms with Crippen molar-refractivity contribution in [3.63, 3.8) is 0 Å². The van der Waals surface area contributed by atoms with Crippen LogP contribution in [0.4, 0.5) is 4.39 Å². The van der Waals surface area contributed by atoms with Crippen LogP contribution in [0.3, 0.4) is 0 Å². The third-order valence-corrected chi connectivity index (χ3v) is 4.45. The Morgan fingerprint density at radius 3 is 2.11 bits per heavy atom. The Kier molecular flexibility index (Phi) is 2.87. The van der Waals surface area contributed by atoms with Crippen LogP contribution in [0.1, 0.15) is 29.3 Å². The van der Waals surface area contributed by atoms with E-state index in [-0.39, 0.29) is 16.6 Å². The molecule has 0 amide bonds. The van der Waals surface area contributed by atoms with E-state index in [1.807, 2.05) is 18.2 Å². The van der Waals surface area contributed by atoms with Crippen LogP contribution in [0.15, 0.2) is 54.6 Å². The van der Waals surface area contributed by atoms with E-state index in [2.05, 4.69) is 12.1 Å². The minimum absolute atomic E-state index is 0.0423. The average Bonchev–Trinajstić information content (AvgIpc) is 3.21. The molecule has 1 fully saturated rings. The molecular formula is C16H14ClF. The highest BCUT2D eigenvalue weighted by atomic mass is 35.5. The quantitative estimate of drug-likeness (QED) is 0.693. The van der Waals surface area contributed by atoms with Crippen molar-refractivity contribution < 1.29 is 4.39 Å². The van der Waals surface area contributed by atoms with Crippen LogP contribution in [0.5, 0.6) is 0 Å². The van der Waals surface area contributed by atoms with Gasteiger partial charge >= 0.3 is 0 Å². The Morgan fingerprint density at radius 1 is 0.944 bits per heavy atom. The Hall–Kier alpha value is -1.34. The van der Waals surface area contributed by atoms with E-state index in [1.54, 1.807) is 12.1 Å². The van der Waals surface area contributed by atoms with Crippen LogP contribution in [0.2, 0.25) is 0 Å². The van der Waals surface area contributed by atoms with E-state index in [1.165, 1.54) is 17.7 Å². The van der Waals surface area contributed by atoms with Gasteiger partial charge in [-0.05, 0) is 36.1 Å². The predicted octanol–water partition coefficient (Wildman–Crippen LogP) is 4.84. The smallest absolute Gasteiger partial charge is 0.123 e. The number of hydrogen-bond acceptors (Lipinski definition) is 0. The van der Waals surface area contributed by atoms with Crippen molar-refractivity contribution in [1.29, 1.82) is 0 Å². The summed E-state index contributed by atoms with van der Waals surface area (Å²) >= 11 is 6.62. The Balaban J connectivity index is 1.93. The fourth-order valence-electron chi connectivity index (χ4n) is 2.54. The zero-order valence-electron chi connectivity index (χ0n) is 9.94. The van der Waals surface area contributed by atoms with Crippen LogP contribution in [0, 0.1) is 5.82 Å². The van der Waals surface area contributed by atoms with Crippen molar-refractivity contribution in [3.05, 3.63) is 71.5 Å². The molecule has 0 N–H and O–H groups in total. The van der Waals surface area contributed by atoms with Gasteiger partial charge in [-0.25, -0.2) is 4.39 Å². The molecule has 0 spiro atoms. The van der Waals surface area contributed by atoms with E-state index in [9.17, 15) is 4.39 Å². The number of alkyl halides is 1. The lowest BCUT2D eigenvalue weighted by Gasteiger charge is -2.22. The summed E-state index contributed by atoms with van der Waals surface area (Å²) in [7, 11) is 0. The molecule has 18 heavy (non-hydrogen) atoms. The van der Waals surface area contributed by atoms with Gasteiger partial charge in [0, 0.05) is 5.41 Å². The first-order valence-electron chi connectivity index (χ1n) is 6.17. The van der Waals surface area contributed by atoms with Crippen LogP contribution >= 0.6 is 11.6 Å². The maximum atomic E-state index is 12.9. The Morgan fingerprint density at radius 2 is 1.56 bits per heavy atom. The van der Waals surface area contributed by atoms with E-state index in [4.69, 9.17) is 11.6 Å². The standard InChI is InChI=1S/C16H14ClF/c17-15(12-6-8-14(18)9-7-12)16(10-11-16)13-4-2-1-3-5-13/h1-9,15H,10-11H2. The number of benzene rings is 2. The molecule has 2 heteroatoms. The van der Waals surface area contributed by atoms with Gasteiger partial charge in [-0.2, -0.15) is 0 Å². The SMILES string of the molecule is Fc1ccc(C(Cl)C2(c3ccccc3)CC2)cc1. The summed E-state index contributed by atoms with van der Waals surface area (Å²) in [6.07, 6.45) is 2.20. The van der Waals surface area contributed by atoms with Crippen molar-refractivity contribution in [3.8, 4) is 0 Å². The van der Waals surface area contributed by atoms with Gasteiger partial charge in [0.15, 0.2) is 0 Å². The third-order valence-electron chi connectivity index (χ3n) is 3.79. The molecule has 0 aromatic heterocycles. The predicted molar refractivity (Wildman–Crippen MR) is 72.3 cm³/mol. The fourth-order valence-corrected chi connectivity index (χ4v) is 3.03. The van der Waals surface area contributed by atoms with Gasteiger partial charge in [-0.15, -0.1) is 11.6 Å². The largest absolute Gasteiger partial charge is 0.207 e. The summed E-state index contributed by atoms with van der Waals surface area (Å²) < 4.78 is 12.9. The minimum atomic E-state index is -0.216. The molecule has 0 heterocycles. The first-order chi connectivity index (χ1) is 8.72. The second-order valence-electron chi connectivity index (χ2n) is 4.94. The highest BCUT2D eigenvalue weighted by Gasteiger charge is 2.50. The molecule has 0 nitrogen and oxygen atoms in total. The molecule has 3 rings (SSSR count). The van der Waals surface area contributed by atoms with E-state index in [0.29, 0.717) is 0 Å². The lowest BCUT2D eigenvalue weighted by molar-refractivity contribution is 0.622. The summed E-state index contributed by atoms with van der Waals surface area (Å²) in [5, 5.41) is -0.0829. The molecule has 1 aliphatic rings. The number of rotatable bonds is 3. The van der Waals surface area contributed by atoms with Gasteiger partial charge in [0.25, 0.3) is 0 Å². The first kappa shape index (κ1) is 11.7. The monoisotopic (exact) mass is 260 g/mol. The summed E-state index contributed by atoms with van der Waals surface area (Å²) in [5.41, 5.74) is 2.33. The molecule has 1 aliphatic carbocycles. The summed E-state index contributed by atoms with van der Waals surface area (Å²) in [5.74, 6) is -0.216. The minimum Gasteiger partial charge on any atom is -0.207 e. The van der Waals surface area contributed by atoms with E-state index < -0.39 is 0 Å². The lowest BCUT2D eigenvalue weighted by Crippen LogP contribution is -2.14. The molecule has 2 aromatic rings. The Labute approximate surface area is 111 Å². The van der Waals surface area contributed by atoms with Crippen LogP contribution in [0.25, 0.3) is 0 Å². The molecule has 1 saturated carbocycles. The van der Waals surface area contributed by atoms with Crippen LogP contribution in [-0.4, -0.2) is 0 Å². The van der Waals surface area contributed by atoms with Crippen molar-refractivity contribution in [1.82, 2.24) is 0 Å². The average molecular weight is 261 g/mol. The zero-order chi connectivity index (χ0) is 12.6. The van der Waals surface area contributed by atoms with Gasteiger partial charge in [-0.1, -0.05) is 42.5 Å². The van der Waals surface area contributed by atoms with Crippen molar-refractivity contribution in [2.45, 2.75) is 23.6 Å². The number of hydrogen-bond donors (Lipinski definition) is 0. The molecule has 0 bridgehead atoms. The lowest BCUT2D eigenvalue weighted by atomic mass is 9.88. The summed E-state index contributed by atoms with van der Waals surface area (Å²) in [6, 6.07) is 16.9. The van der Waals surface area contributed by atoms with Gasteiger partial charge in [-0.3, -0.25) is 0 Å². The highest BCUT2D eigenvalue weighted by Crippen LogP contribution is 2.59. The molecule has 92 valence electrons. The molecule has 1 atom stereocenters. The highest BCUT2D eigenvalue weighted by molar-refractivity contribution is 6.22. The second-order valence-corrected chi connectivity index (χ2v) is 5.37. The van der Waals surface area contributed by atoms with Crippen molar-refractivity contribution in [2.24, 2.45) is 0 Å². The van der Waals surface area contributed by atoms with Crippen LogP contribution < -0.4 is 0 Å². The van der Waals surface area contributed by atoms with E-state index >= 15 is 0 Å².